The van der Waals surface area contributed by atoms with Gasteiger partial charge in [0.2, 0.25) is 0 Å². The fourth-order valence-corrected chi connectivity index (χ4v) is 6.07. The van der Waals surface area contributed by atoms with Crippen molar-refractivity contribution in [3.05, 3.63) is 127 Å². The van der Waals surface area contributed by atoms with E-state index in [4.69, 9.17) is 23.7 Å². The van der Waals surface area contributed by atoms with Gasteiger partial charge in [-0.05, 0) is 62.5 Å². The lowest BCUT2D eigenvalue weighted by Gasteiger charge is -2.32. The molecule has 1 aliphatic rings. The third kappa shape index (κ3) is 4.91. The molecular formula is C40H33BN2O3. The minimum Gasteiger partial charge on any atom is -0.455 e. The standard InChI is InChI=1S/C40H33BN2O3/c1-39(2)40(3,4)46-41(45-39)30-23-32-31-17-11-12-18-36(31)44-37(32)33(24-30)35-25-34(42-38(43-35)29-15-9-6-10-16-29)28-21-19-27(20-22-28)26-13-7-5-8-14-26/h5-25H,1-4H3. The summed E-state index contributed by atoms with van der Waals surface area (Å²) < 4.78 is 19.6. The molecule has 6 heteroatoms. The molecule has 224 valence electrons. The van der Waals surface area contributed by atoms with Gasteiger partial charge >= 0.3 is 7.12 Å². The van der Waals surface area contributed by atoms with Gasteiger partial charge in [-0.1, -0.05) is 109 Å². The molecule has 5 aromatic carbocycles. The number of fused-ring (bicyclic) bond motifs is 3. The Bertz CT molecular complexity index is 2190. The Hall–Kier alpha value is -5.04. The molecule has 8 rings (SSSR count). The Morgan fingerprint density at radius 1 is 0.522 bits per heavy atom. The summed E-state index contributed by atoms with van der Waals surface area (Å²) in [4.78, 5) is 10.2. The first-order valence-corrected chi connectivity index (χ1v) is 15.7. The van der Waals surface area contributed by atoms with Gasteiger partial charge in [0, 0.05) is 27.5 Å². The van der Waals surface area contributed by atoms with E-state index in [2.05, 4.69) is 100 Å². The molecule has 0 amide bonds. The molecule has 0 aliphatic carbocycles. The second-order valence-corrected chi connectivity index (χ2v) is 12.9. The van der Waals surface area contributed by atoms with Crippen LogP contribution in [0.4, 0.5) is 0 Å². The molecular weight excluding hydrogens is 567 g/mol. The van der Waals surface area contributed by atoms with Gasteiger partial charge < -0.3 is 13.7 Å². The van der Waals surface area contributed by atoms with Crippen LogP contribution in [-0.2, 0) is 9.31 Å². The molecule has 46 heavy (non-hydrogen) atoms. The number of benzene rings is 5. The summed E-state index contributed by atoms with van der Waals surface area (Å²) in [6.45, 7) is 8.30. The van der Waals surface area contributed by atoms with Crippen molar-refractivity contribution in [1.82, 2.24) is 9.97 Å². The first-order valence-electron chi connectivity index (χ1n) is 15.7. The average molecular weight is 601 g/mol. The van der Waals surface area contributed by atoms with Gasteiger partial charge in [0.05, 0.1) is 22.6 Å². The van der Waals surface area contributed by atoms with Gasteiger partial charge in [0.25, 0.3) is 0 Å². The lowest BCUT2D eigenvalue weighted by Crippen LogP contribution is -2.41. The molecule has 0 spiro atoms. The fraction of sp³-hybridized carbons (Fsp3) is 0.150. The van der Waals surface area contributed by atoms with Crippen molar-refractivity contribution in [3.63, 3.8) is 0 Å². The van der Waals surface area contributed by atoms with E-state index in [1.165, 1.54) is 5.56 Å². The number of para-hydroxylation sites is 1. The molecule has 2 aromatic heterocycles. The van der Waals surface area contributed by atoms with E-state index < -0.39 is 18.3 Å². The van der Waals surface area contributed by atoms with Crippen molar-refractivity contribution in [3.8, 4) is 45.0 Å². The summed E-state index contributed by atoms with van der Waals surface area (Å²) in [7, 11) is -0.540. The van der Waals surface area contributed by atoms with E-state index in [-0.39, 0.29) is 0 Å². The highest BCUT2D eigenvalue weighted by atomic mass is 16.7. The fourth-order valence-electron chi connectivity index (χ4n) is 6.07. The Morgan fingerprint density at radius 3 is 1.78 bits per heavy atom. The normalized spacial score (nSPS) is 15.5. The van der Waals surface area contributed by atoms with E-state index in [1.807, 2.05) is 54.6 Å². The monoisotopic (exact) mass is 600 g/mol. The van der Waals surface area contributed by atoms with E-state index >= 15 is 0 Å². The number of hydrogen-bond donors (Lipinski definition) is 0. The minimum atomic E-state index is -0.540. The van der Waals surface area contributed by atoms with Crippen molar-refractivity contribution >= 4 is 34.5 Å². The molecule has 0 bridgehead atoms. The summed E-state index contributed by atoms with van der Waals surface area (Å²) in [5, 5.41) is 2.03. The number of rotatable bonds is 5. The second kappa shape index (κ2) is 10.8. The zero-order valence-electron chi connectivity index (χ0n) is 26.3. The molecule has 5 nitrogen and oxygen atoms in total. The van der Waals surface area contributed by atoms with Crippen LogP contribution in [0.25, 0.3) is 67.0 Å². The van der Waals surface area contributed by atoms with Gasteiger partial charge in [-0.2, -0.15) is 0 Å². The smallest absolute Gasteiger partial charge is 0.455 e. The Labute approximate surface area is 269 Å². The largest absolute Gasteiger partial charge is 0.494 e. The van der Waals surface area contributed by atoms with Crippen molar-refractivity contribution in [2.75, 3.05) is 0 Å². The Morgan fingerprint density at radius 2 is 1.09 bits per heavy atom. The second-order valence-electron chi connectivity index (χ2n) is 12.9. The summed E-state index contributed by atoms with van der Waals surface area (Å²) in [5.41, 5.74) is 8.28. The van der Waals surface area contributed by atoms with Crippen LogP contribution in [0.1, 0.15) is 27.7 Å². The van der Waals surface area contributed by atoms with Crippen LogP contribution in [0.15, 0.2) is 132 Å². The van der Waals surface area contributed by atoms with E-state index in [0.717, 1.165) is 61.0 Å². The van der Waals surface area contributed by atoms with E-state index in [9.17, 15) is 0 Å². The molecule has 0 atom stereocenters. The first-order chi connectivity index (χ1) is 22.3. The Balaban J connectivity index is 1.33. The summed E-state index contributed by atoms with van der Waals surface area (Å²) in [5.74, 6) is 0.644. The number of nitrogens with zero attached hydrogens (tertiary/aromatic N) is 2. The number of aromatic nitrogens is 2. The molecule has 0 N–H and O–H groups in total. The third-order valence-corrected chi connectivity index (χ3v) is 9.35. The van der Waals surface area contributed by atoms with Crippen LogP contribution >= 0.6 is 0 Å². The maximum atomic E-state index is 6.55. The summed E-state index contributed by atoms with van der Waals surface area (Å²) in [6, 6.07) is 43.5. The molecule has 0 unspecified atom stereocenters. The number of hydrogen-bond acceptors (Lipinski definition) is 5. The van der Waals surface area contributed by atoms with Gasteiger partial charge in [-0.15, -0.1) is 0 Å². The molecule has 0 radical (unpaired) electrons. The van der Waals surface area contributed by atoms with Gasteiger partial charge in [0.15, 0.2) is 5.82 Å². The van der Waals surface area contributed by atoms with Gasteiger partial charge in [-0.25, -0.2) is 9.97 Å². The molecule has 7 aromatic rings. The molecule has 0 saturated carbocycles. The molecule has 1 aliphatic heterocycles. The third-order valence-electron chi connectivity index (χ3n) is 9.35. The van der Waals surface area contributed by atoms with Crippen molar-refractivity contribution in [2.24, 2.45) is 0 Å². The quantitative estimate of drug-likeness (QED) is 0.184. The first kappa shape index (κ1) is 28.4. The topological polar surface area (TPSA) is 57.4 Å². The zero-order valence-corrected chi connectivity index (χ0v) is 26.3. The van der Waals surface area contributed by atoms with Crippen molar-refractivity contribution in [2.45, 2.75) is 38.9 Å². The zero-order chi connectivity index (χ0) is 31.5. The summed E-state index contributed by atoms with van der Waals surface area (Å²) in [6.07, 6.45) is 0. The van der Waals surface area contributed by atoms with Gasteiger partial charge in [-0.3, -0.25) is 0 Å². The van der Waals surface area contributed by atoms with Crippen LogP contribution < -0.4 is 5.46 Å². The van der Waals surface area contributed by atoms with Crippen LogP contribution in [0.2, 0.25) is 0 Å². The van der Waals surface area contributed by atoms with Crippen LogP contribution in [0.3, 0.4) is 0 Å². The van der Waals surface area contributed by atoms with Crippen molar-refractivity contribution in [1.29, 1.82) is 0 Å². The molecule has 1 saturated heterocycles. The Kier molecular flexibility index (Phi) is 6.68. The van der Waals surface area contributed by atoms with Gasteiger partial charge in [0.1, 0.15) is 11.2 Å². The van der Waals surface area contributed by atoms with Crippen LogP contribution in [0, 0.1) is 0 Å². The maximum absolute atomic E-state index is 6.55. The highest BCUT2D eigenvalue weighted by Gasteiger charge is 2.52. The van der Waals surface area contributed by atoms with Crippen LogP contribution in [0.5, 0.6) is 0 Å². The lowest BCUT2D eigenvalue weighted by molar-refractivity contribution is 0.00578. The maximum Gasteiger partial charge on any atom is 0.494 e. The predicted molar refractivity (Wildman–Crippen MR) is 187 cm³/mol. The van der Waals surface area contributed by atoms with Crippen LogP contribution in [-0.4, -0.2) is 28.3 Å². The van der Waals surface area contributed by atoms with E-state index in [1.54, 1.807) is 0 Å². The van der Waals surface area contributed by atoms with Crippen molar-refractivity contribution < 1.29 is 13.7 Å². The minimum absolute atomic E-state index is 0.472. The molecule has 3 heterocycles. The summed E-state index contributed by atoms with van der Waals surface area (Å²) >= 11 is 0. The highest BCUT2D eigenvalue weighted by molar-refractivity contribution is 6.62. The predicted octanol–water partition coefficient (Wildman–Crippen LogP) is 9.34. The number of furan rings is 1. The molecule has 1 fully saturated rings. The van der Waals surface area contributed by atoms with E-state index in [0.29, 0.717) is 5.82 Å². The lowest BCUT2D eigenvalue weighted by atomic mass is 9.77. The highest BCUT2D eigenvalue weighted by Crippen LogP contribution is 2.40. The SMILES string of the molecule is CC1(C)OB(c2cc(-c3cc(-c4ccc(-c5ccccc5)cc4)nc(-c4ccccc4)n3)c3oc4ccccc4c3c2)OC1(C)C. The average Bonchev–Trinajstić information content (AvgIpc) is 3.57.